The summed E-state index contributed by atoms with van der Waals surface area (Å²) in [5.41, 5.74) is 1.31. The zero-order valence-corrected chi connectivity index (χ0v) is 24.6. The van der Waals surface area contributed by atoms with Crippen molar-refractivity contribution in [2.45, 2.75) is 66.2 Å². The number of hydrogen-bond donors (Lipinski definition) is 0. The predicted molar refractivity (Wildman–Crippen MR) is 152 cm³/mol. The van der Waals surface area contributed by atoms with E-state index >= 15 is 0 Å². The molecular weight excluding hydrogens is 519 g/mol. The molecular formula is C26H44N6NiS2-6. The van der Waals surface area contributed by atoms with Gasteiger partial charge in [0.25, 0.3) is 0 Å². The van der Waals surface area contributed by atoms with Gasteiger partial charge in [0.05, 0.1) is 0 Å². The largest absolute Gasteiger partial charge is 0.696 e. The van der Waals surface area contributed by atoms with Gasteiger partial charge in [-0.05, 0) is 24.7 Å². The molecule has 4 heterocycles. The van der Waals surface area contributed by atoms with E-state index in [0.717, 1.165) is 63.6 Å². The molecule has 0 aliphatic carbocycles. The van der Waals surface area contributed by atoms with E-state index in [1.807, 2.05) is 12.3 Å². The minimum atomic E-state index is 0. The number of piperidine rings is 3. The SMILES string of the molecule is CC1=CC[N-]C=C1.CC1CC[N-]CC1.CC1CC[N-]CC1.CC1CC[N-]CC1.N#C[S-].N#C[S-].[Ni]. The van der Waals surface area contributed by atoms with Crippen molar-refractivity contribution in [2.75, 3.05) is 45.8 Å². The molecule has 0 unspecified atom stereocenters. The molecule has 0 N–H and O–H groups in total. The Morgan fingerprint density at radius 3 is 1.11 bits per heavy atom. The maximum atomic E-state index is 7.13. The first kappa shape index (κ1) is 38.6. The number of rotatable bonds is 0. The molecule has 4 rings (SSSR count). The van der Waals surface area contributed by atoms with Crippen LogP contribution in [0.3, 0.4) is 0 Å². The summed E-state index contributed by atoms with van der Waals surface area (Å²) in [6.45, 7) is 16.5. The van der Waals surface area contributed by atoms with Crippen LogP contribution in [0.4, 0.5) is 0 Å². The average molecular weight is 564 g/mol. The molecule has 4 aliphatic heterocycles. The molecule has 0 aromatic carbocycles. The zero-order chi connectivity index (χ0) is 25.9. The van der Waals surface area contributed by atoms with Crippen LogP contribution in [0.1, 0.15) is 66.2 Å². The molecule has 0 spiro atoms. The molecule has 0 atom stereocenters. The van der Waals surface area contributed by atoms with E-state index in [0.29, 0.717) is 0 Å². The number of allylic oxidation sites excluding steroid dienone is 2. The Morgan fingerprint density at radius 2 is 1.00 bits per heavy atom. The van der Waals surface area contributed by atoms with Crippen molar-refractivity contribution in [3.63, 3.8) is 0 Å². The van der Waals surface area contributed by atoms with Crippen molar-refractivity contribution in [3.8, 4) is 10.8 Å². The number of hydrogen-bond acceptors (Lipinski definition) is 4. The first-order valence-electron chi connectivity index (χ1n) is 12.3. The third kappa shape index (κ3) is 33.1. The minimum absolute atomic E-state index is 0. The van der Waals surface area contributed by atoms with Gasteiger partial charge in [0, 0.05) is 16.5 Å². The molecule has 4 aliphatic rings. The fraction of sp³-hybridized carbons (Fsp3) is 0.769. The Labute approximate surface area is 237 Å². The smallest absolute Gasteiger partial charge is 0 e. The van der Waals surface area contributed by atoms with Crippen LogP contribution in [0.2, 0.25) is 0 Å². The summed E-state index contributed by atoms with van der Waals surface area (Å²) >= 11 is 7.40. The molecule has 0 bridgehead atoms. The third-order valence-corrected chi connectivity index (χ3v) is 5.64. The monoisotopic (exact) mass is 562 g/mol. The van der Waals surface area contributed by atoms with Crippen LogP contribution in [-0.2, 0) is 41.7 Å². The van der Waals surface area contributed by atoms with Crippen LogP contribution in [-0.4, -0.2) is 45.8 Å². The van der Waals surface area contributed by atoms with Gasteiger partial charge in [-0.15, -0.1) is 45.8 Å². The van der Waals surface area contributed by atoms with Gasteiger partial charge in [-0.2, -0.15) is 6.20 Å². The fourth-order valence-corrected chi connectivity index (χ4v) is 3.13. The topological polar surface area (TPSA) is 104 Å². The molecule has 0 aromatic heterocycles. The van der Waals surface area contributed by atoms with E-state index in [-0.39, 0.29) is 16.5 Å². The second-order valence-corrected chi connectivity index (χ2v) is 9.24. The molecule has 0 aromatic rings. The van der Waals surface area contributed by atoms with Gasteiger partial charge in [0.2, 0.25) is 0 Å². The van der Waals surface area contributed by atoms with E-state index in [4.69, 9.17) is 10.5 Å². The van der Waals surface area contributed by atoms with Gasteiger partial charge in [0.1, 0.15) is 0 Å². The van der Waals surface area contributed by atoms with Crippen LogP contribution in [0.15, 0.2) is 23.9 Å². The molecule has 3 saturated heterocycles. The van der Waals surface area contributed by atoms with Gasteiger partial charge in [-0.1, -0.05) is 87.8 Å². The molecule has 35 heavy (non-hydrogen) atoms. The Kier molecular flexibility index (Phi) is 34.3. The van der Waals surface area contributed by atoms with Gasteiger partial charge in [-0.25, -0.2) is 10.5 Å². The van der Waals surface area contributed by atoms with Crippen LogP contribution >= 0.6 is 0 Å². The van der Waals surface area contributed by atoms with Crippen molar-refractivity contribution in [3.05, 3.63) is 45.2 Å². The van der Waals surface area contributed by atoms with Crippen LogP contribution in [0.5, 0.6) is 0 Å². The number of nitrogens with zero attached hydrogens (tertiary/aromatic N) is 6. The maximum Gasteiger partial charge on any atom is 0 e. The number of nitriles is 2. The van der Waals surface area contributed by atoms with E-state index in [9.17, 15) is 0 Å². The zero-order valence-electron chi connectivity index (χ0n) is 22.0. The second-order valence-electron chi connectivity index (χ2n) is 8.87. The number of thiocyanates is 2. The summed E-state index contributed by atoms with van der Waals surface area (Å²) in [5.74, 6) is 2.83. The van der Waals surface area contributed by atoms with Crippen molar-refractivity contribution in [1.82, 2.24) is 0 Å². The molecule has 0 saturated carbocycles. The standard InChI is InChI=1S/3C6H12N.C6H8N.2CHNS.Ni/c4*1-6-2-4-7-5-3-6;2*2-1-3;/h3*6H,2-5H2,1H3;2-4H,5H2,1H3;2*3H;/q4*-1;;;/p-2. The normalized spacial score (nSPS) is 19.2. The summed E-state index contributed by atoms with van der Waals surface area (Å²) in [6.07, 6.45) is 13.9. The summed E-state index contributed by atoms with van der Waals surface area (Å²) in [4.78, 5) is 0. The van der Waals surface area contributed by atoms with E-state index in [2.05, 4.69) is 80.3 Å². The first-order valence-corrected chi connectivity index (χ1v) is 13.1. The molecule has 0 amide bonds. The molecule has 3 fully saturated rings. The quantitative estimate of drug-likeness (QED) is 0.176. The van der Waals surface area contributed by atoms with E-state index in [1.54, 1.807) is 0 Å². The van der Waals surface area contributed by atoms with Crippen molar-refractivity contribution in [1.29, 1.82) is 10.5 Å². The summed E-state index contributed by atoms with van der Waals surface area (Å²) in [7, 11) is 0. The second kappa shape index (κ2) is 31.1. The molecule has 6 nitrogen and oxygen atoms in total. The van der Waals surface area contributed by atoms with Crippen LogP contribution in [0, 0.1) is 39.1 Å². The van der Waals surface area contributed by atoms with Crippen molar-refractivity contribution >= 4 is 25.3 Å². The van der Waals surface area contributed by atoms with Crippen LogP contribution in [0.25, 0.3) is 21.3 Å². The van der Waals surface area contributed by atoms with Gasteiger partial charge in [0.15, 0.2) is 0 Å². The van der Waals surface area contributed by atoms with Gasteiger partial charge in [-0.3, -0.25) is 0 Å². The predicted octanol–water partition coefficient (Wildman–Crippen LogP) is 7.23. The molecule has 9 heteroatoms. The van der Waals surface area contributed by atoms with E-state index < -0.39 is 0 Å². The fourth-order valence-electron chi connectivity index (χ4n) is 3.13. The maximum absolute atomic E-state index is 7.13. The Hall–Kier alpha value is -0.926. The molecule has 206 valence electrons. The van der Waals surface area contributed by atoms with Crippen molar-refractivity contribution in [2.24, 2.45) is 17.8 Å². The summed E-state index contributed by atoms with van der Waals surface area (Å²) in [5, 5.41) is 33.6. The molecule has 0 radical (unpaired) electrons. The van der Waals surface area contributed by atoms with E-state index in [1.165, 1.54) is 54.9 Å². The van der Waals surface area contributed by atoms with Crippen molar-refractivity contribution < 1.29 is 16.5 Å². The Balaban J connectivity index is -0.000000360. The van der Waals surface area contributed by atoms with Crippen LogP contribution < -0.4 is 0 Å². The average Bonchev–Trinajstić information content (AvgIpc) is 2.83. The third-order valence-electron chi connectivity index (χ3n) is 5.64. The summed E-state index contributed by atoms with van der Waals surface area (Å²) in [6, 6.07) is 0. The Bertz CT molecular complexity index is 521. The minimum Gasteiger partial charge on any atom is -0.696 e. The Morgan fingerprint density at radius 1 is 0.714 bits per heavy atom. The van der Waals surface area contributed by atoms with Gasteiger partial charge < -0.3 is 46.5 Å². The van der Waals surface area contributed by atoms with Gasteiger partial charge >= 0.3 is 0 Å². The summed E-state index contributed by atoms with van der Waals surface area (Å²) < 4.78 is 0. The first-order chi connectivity index (χ1) is 16.4.